The van der Waals surface area contributed by atoms with E-state index >= 15 is 0 Å². The summed E-state index contributed by atoms with van der Waals surface area (Å²) in [5.41, 5.74) is -1.37. The van der Waals surface area contributed by atoms with E-state index in [4.69, 9.17) is 0 Å². The SMILES string of the molecule is CC1CCc2c(cc(F)c(C(F)(F)F)c2F)C1. The van der Waals surface area contributed by atoms with Crippen molar-refractivity contribution in [1.82, 2.24) is 0 Å². The molecule has 0 N–H and O–H groups in total. The number of alkyl halides is 3. The predicted octanol–water partition coefficient (Wildman–Crippen LogP) is 4.11. The van der Waals surface area contributed by atoms with Crippen LogP contribution in [0.15, 0.2) is 6.07 Å². The van der Waals surface area contributed by atoms with Crippen LogP contribution in [-0.4, -0.2) is 0 Å². The van der Waals surface area contributed by atoms with Crippen LogP contribution in [0, 0.1) is 17.6 Å². The Morgan fingerprint density at radius 2 is 1.88 bits per heavy atom. The first-order valence-electron chi connectivity index (χ1n) is 5.37. The number of fused-ring (bicyclic) bond motifs is 1. The fourth-order valence-electron chi connectivity index (χ4n) is 2.29. The molecule has 1 aromatic rings. The molecule has 1 unspecified atom stereocenters. The fraction of sp³-hybridized carbons (Fsp3) is 0.500. The first-order chi connectivity index (χ1) is 7.80. The first-order valence-corrected chi connectivity index (χ1v) is 5.37. The average Bonchev–Trinajstić information content (AvgIpc) is 2.13. The van der Waals surface area contributed by atoms with Gasteiger partial charge in [0.25, 0.3) is 0 Å². The van der Waals surface area contributed by atoms with Gasteiger partial charge in [-0.2, -0.15) is 13.2 Å². The number of halogens is 5. The smallest absolute Gasteiger partial charge is 0.206 e. The maximum atomic E-state index is 13.7. The zero-order valence-corrected chi connectivity index (χ0v) is 9.17. The molecular formula is C12H11F5. The Bertz CT molecular complexity index is 447. The number of benzene rings is 1. The maximum Gasteiger partial charge on any atom is 0.422 e. The highest BCUT2D eigenvalue weighted by atomic mass is 19.4. The van der Waals surface area contributed by atoms with Crippen LogP contribution < -0.4 is 0 Å². The lowest BCUT2D eigenvalue weighted by Crippen LogP contribution is -2.19. The van der Waals surface area contributed by atoms with Crippen molar-refractivity contribution in [2.45, 2.75) is 32.4 Å². The van der Waals surface area contributed by atoms with Crippen LogP contribution in [0.1, 0.15) is 30.0 Å². The summed E-state index contributed by atoms with van der Waals surface area (Å²) < 4.78 is 64.4. The van der Waals surface area contributed by atoms with Gasteiger partial charge >= 0.3 is 6.18 Å². The molecule has 0 nitrogen and oxygen atoms in total. The highest BCUT2D eigenvalue weighted by Gasteiger charge is 2.39. The van der Waals surface area contributed by atoms with E-state index in [1.807, 2.05) is 6.92 Å². The monoisotopic (exact) mass is 250 g/mol. The molecule has 1 atom stereocenters. The minimum absolute atomic E-state index is 0.0248. The lowest BCUT2D eigenvalue weighted by atomic mass is 9.83. The maximum absolute atomic E-state index is 13.7. The minimum Gasteiger partial charge on any atom is -0.206 e. The van der Waals surface area contributed by atoms with Crippen LogP contribution in [0.5, 0.6) is 0 Å². The van der Waals surface area contributed by atoms with E-state index in [9.17, 15) is 22.0 Å². The van der Waals surface area contributed by atoms with Gasteiger partial charge in [0, 0.05) is 0 Å². The predicted molar refractivity (Wildman–Crippen MR) is 52.5 cm³/mol. The minimum atomic E-state index is -4.98. The van der Waals surface area contributed by atoms with Gasteiger partial charge < -0.3 is 0 Å². The van der Waals surface area contributed by atoms with Gasteiger partial charge in [0.15, 0.2) is 0 Å². The van der Waals surface area contributed by atoms with Crippen molar-refractivity contribution in [3.05, 3.63) is 34.4 Å². The van der Waals surface area contributed by atoms with Gasteiger partial charge in [-0.1, -0.05) is 6.92 Å². The Morgan fingerprint density at radius 1 is 1.24 bits per heavy atom. The van der Waals surface area contributed by atoms with Crippen LogP contribution in [0.2, 0.25) is 0 Å². The van der Waals surface area contributed by atoms with Gasteiger partial charge in [-0.05, 0) is 42.4 Å². The largest absolute Gasteiger partial charge is 0.422 e. The van der Waals surface area contributed by atoms with Crippen LogP contribution >= 0.6 is 0 Å². The summed E-state index contributed by atoms with van der Waals surface area (Å²) >= 11 is 0. The molecule has 0 spiro atoms. The molecule has 0 saturated heterocycles. The third-order valence-corrected chi connectivity index (χ3v) is 3.15. The summed E-state index contributed by atoms with van der Waals surface area (Å²) in [7, 11) is 0. The molecule has 0 aliphatic heterocycles. The molecule has 2 rings (SSSR count). The second kappa shape index (κ2) is 3.96. The molecule has 94 valence electrons. The molecule has 17 heavy (non-hydrogen) atoms. The highest BCUT2D eigenvalue weighted by molar-refractivity contribution is 5.38. The van der Waals surface area contributed by atoms with Crippen LogP contribution in [-0.2, 0) is 19.0 Å². The zero-order chi connectivity index (χ0) is 12.8. The molecule has 0 bridgehead atoms. The van der Waals surface area contributed by atoms with Gasteiger partial charge in [-0.15, -0.1) is 0 Å². The summed E-state index contributed by atoms with van der Waals surface area (Å²) in [6, 6.07) is 0.830. The van der Waals surface area contributed by atoms with Crippen LogP contribution in [0.4, 0.5) is 22.0 Å². The third kappa shape index (κ3) is 2.15. The number of rotatable bonds is 0. The first kappa shape index (κ1) is 12.3. The molecule has 0 aromatic heterocycles. The molecular weight excluding hydrogens is 239 g/mol. The fourth-order valence-corrected chi connectivity index (χ4v) is 2.29. The molecule has 1 aliphatic rings. The van der Waals surface area contributed by atoms with Crippen molar-refractivity contribution < 1.29 is 22.0 Å². The van der Waals surface area contributed by atoms with E-state index in [0.29, 0.717) is 18.4 Å². The summed E-state index contributed by atoms with van der Waals surface area (Å²) in [6.45, 7) is 1.91. The van der Waals surface area contributed by atoms with Gasteiger partial charge in [0.1, 0.15) is 17.2 Å². The van der Waals surface area contributed by atoms with Gasteiger partial charge in [0.2, 0.25) is 0 Å². The van der Waals surface area contributed by atoms with E-state index in [1.165, 1.54) is 0 Å². The normalized spacial score (nSPS) is 20.2. The summed E-state index contributed by atoms with van der Waals surface area (Å²) in [4.78, 5) is 0. The van der Waals surface area contributed by atoms with E-state index < -0.39 is 23.4 Å². The Morgan fingerprint density at radius 3 is 2.47 bits per heavy atom. The Hall–Kier alpha value is -1.13. The van der Waals surface area contributed by atoms with Crippen molar-refractivity contribution in [3.8, 4) is 0 Å². The molecule has 0 fully saturated rings. The number of hydrogen-bond acceptors (Lipinski definition) is 0. The summed E-state index contributed by atoms with van der Waals surface area (Å²) in [5.74, 6) is -2.69. The highest BCUT2D eigenvalue weighted by Crippen LogP contribution is 2.38. The average molecular weight is 250 g/mol. The standard InChI is InChI=1S/C12H11F5/c1-6-2-3-8-7(4-6)5-9(13)10(11(8)14)12(15,16)17/h5-6H,2-4H2,1H3. The van der Waals surface area contributed by atoms with Gasteiger partial charge in [0.05, 0.1) is 0 Å². The van der Waals surface area contributed by atoms with E-state index in [0.717, 1.165) is 6.07 Å². The van der Waals surface area contributed by atoms with E-state index in [-0.39, 0.29) is 17.9 Å². The zero-order valence-electron chi connectivity index (χ0n) is 9.17. The van der Waals surface area contributed by atoms with Crippen LogP contribution in [0.25, 0.3) is 0 Å². The van der Waals surface area contributed by atoms with Crippen molar-refractivity contribution in [2.75, 3.05) is 0 Å². The molecule has 0 heterocycles. The second-order valence-corrected chi connectivity index (χ2v) is 4.53. The molecule has 0 amide bonds. The molecule has 5 heteroatoms. The van der Waals surface area contributed by atoms with Crippen molar-refractivity contribution in [3.63, 3.8) is 0 Å². The Labute approximate surface area is 95.4 Å². The molecule has 1 aliphatic carbocycles. The molecule has 1 aromatic carbocycles. The lowest BCUT2D eigenvalue weighted by molar-refractivity contribution is -0.142. The van der Waals surface area contributed by atoms with E-state index in [2.05, 4.69) is 0 Å². The Kier molecular flexibility index (Phi) is 2.87. The van der Waals surface area contributed by atoms with Crippen molar-refractivity contribution in [1.29, 1.82) is 0 Å². The second-order valence-electron chi connectivity index (χ2n) is 4.53. The van der Waals surface area contributed by atoms with Gasteiger partial charge in [-0.25, -0.2) is 8.78 Å². The van der Waals surface area contributed by atoms with Crippen molar-refractivity contribution in [2.24, 2.45) is 5.92 Å². The summed E-state index contributed by atoms with van der Waals surface area (Å²) in [5, 5.41) is 0. The third-order valence-electron chi connectivity index (χ3n) is 3.15. The topological polar surface area (TPSA) is 0 Å². The van der Waals surface area contributed by atoms with Crippen LogP contribution in [0.3, 0.4) is 0 Å². The lowest BCUT2D eigenvalue weighted by Gasteiger charge is -2.23. The van der Waals surface area contributed by atoms with Gasteiger partial charge in [-0.3, -0.25) is 0 Å². The van der Waals surface area contributed by atoms with E-state index in [1.54, 1.807) is 0 Å². The quantitative estimate of drug-likeness (QED) is 0.608. The molecule has 0 radical (unpaired) electrons. The Balaban J connectivity index is 2.59. The summed E-state index contributed by atoms with van der Waals surface area (Å²) in [6.07, 6.45) is -3.67. The molecule has 0 saturated carbocycles. The van der Waals surface area contributed by atoms with Crippen molar-refractivity contribution >= 4 is 0 Å². The number of hydrogen-bond donors (Lipinski definition) is 0.